The first kappa shape index (κ1) is 25.9. The number of fused-ring (bicyclic) bond motifs is 1. The van der Waals surface area contributed by atoms with E-state index in [1.807, 2.05) is 49.4 Å². The maximum absolute atomic E-state index is 12.1. The minimum atomic E-state index is -0.527. The van der Waals surface area contributed by atoms with E-state index in [1.165, 1.54) is 6.21 Å². The van der Waals surface area contributed by atoms with Crippen molar-refractivity contribution in [3.63, 3.8) is 0 Å². The SMILES string of the molecule is CCOc1cc(C=NNC(=O)CC(=O)Nc2ccccc2Br)ccc1OCc1cccc2ccccc12. The highest BCUT2D eigenvalue weighted by molar-refractivity contribution is 9.10. The summed E-state index contributed by atoms with van der Waals surface area (Å²) in [5.41, 5.74) is 4.76. The molecule has 2 N–H and O–H groups in total. The Labute approximate surface area is 223 Å². The fraction of sp³-hybridized carbons (Fsp3) is 0.138. The van der Waals surface area contributed by atoms with Gasteiger partial charge in [-0.15, -0.1) is 0 Å². The molecule has 0 saturated carbocycles. The lowest BCUT2D eigenvalue weighted by molar-refractivity contribution is -0.126. The molecule has 4 aromatic carbocycles. The summed E-state index contributed by atoms with van der Waals surface area (Å²) in [6.45, 7) is 2.76. The second kappa shape index (κ2) is 12.7. The predicted molar refractivity (Wildman–Crippen MR) is 149 cm³/mol. The molecular weight excluding hydrogens is 534 g/mol. The third-order valence-electron chi connectivity index (χ3n) is 5.40. The Hall–Kier alpha value is -4.17. The van der Waals surface area contributed by atoms with E-state index in [9.17, 15) is 9.59 Å². The molecule has 7 nitrogen and oxygen atoms in total. The minimum absolute atomic E-state index is 0.357. The molecule has 8 heteroatoms. The van der Waals surface area contributed by atoms with Crippen LogP contribution in [-0.2, 0) is 16.2 Å². The van der Waals surface area contributed by atoms with Crippen molar-refractivity contribution in [2.75, 3.05) is 11.9 Å². The first-order chi connectivity index (χ1) is 18.0. The first-order valence-corrected chi connectivity index (χ1v) is 12.6. The zero-order valence-corrected chi connectivity index (χ0v) is 21.8. The number of nitrogens with zero attached hydrogens (tertiary/aromatic N) is 1. The van der Waals surface area contributed by atoms with Crippen molar-refractivity contribution in [1.29, 1.82) is 0 Å². The second-order valence-electron chi connectivity index (χ2n) is 8.06. The number of amides is 2. The van der Waals surface area contributed by atoms with Gasteiger partial charge in [0.2, 0.25) is 11.8 Å². The molecule has 0 fully saturated rings. The summed E-state index contributed by atoms with van der Waals surface area (Å²) in [5, 5.41) is 8.95. The van der Waals surface area contributed by atoms with Crippen LogP contribution in [0.4, 0.5) is 5.69 Å². The number of para-hydroxylation sites is 1. The number of nitrogens with one attached hydrogen (secondary N) is 2. The lowest BCUT2D eigenvalue weighted by atomic mass is 10.1. The molecule has 0 bridgehead atoms. The van der Waals surface area contributed by atoms with Gasteiger partial charge in [0, 0.05) is 4.47 Å². The topological polar surface area (TPSA) is 89.0 Å². The highest BCUT2D eigenvalue weighted by Crippen LogP contribution is 2.30. The number of rotatable bonds is 10. The van der Waals surface area contributed by atoms with Gasteiger partial charge in [-0.05, 0) is 75.1 Å². The zero-order chi connectivity index (χ0) is 26.0. The van der Waals surface area contributed by atoms with E-state index < -0.39 is 11.8 Å². The number of hydrogen-bond donors (Lipinski definition) is 2. The van der Waals surface area contributed by atoms with Crippen molar-refractivity contribution in [2.45, 2.75) is 20.0 Å². The van der Waals surface area contributed by atoms with Crippen molar-refractivity contribution in [1.82, 2.24) is 5.43 Å². The average Bonchev–Trinajstić information content (AvgIpc) is 2.89. The molecule has 0 aromatic heterocycles. The average molecular weight is 560 g/mol. The van der Waals surface area contributed by atoms with Crippen LogP contribution in [-0.4, -0.2) is 24.6 Å². The predicted octanol–water partition coefficient (Wildman–Crippen LogP) is 6.06. The van der Waals surface area contributed by atoms with Crippen molar-refractivity contribution in [3.8, 4) is 11.5 Å². The Balaban J connectivity index is 1.35. The molecular formula is C29H26BrN3O4. The second-order valence-corrected chi connectivity index (χ2v) is 8.92. The lowest BCUT2D eigenvalue weighted by Gasteiger charge is -2.13. The van der Waals surface area contributed by atoms with Crippen LogP contribution in [0.3, 0.4) is 0 Å². The van der Waals surface area contributed by atoms with Gasteiger partial charge < -0.3 is 14.8 Å². The van der Waals surface area contributed by atoms with E-state index >= 15 is 0 Å². The molecule has 0 heterocycles. The third-order valence-corrected chi connectivity index (χ3v) is 6.09. The molecule has 4 rings (SSSR count). The Morgan fingerprint density at radius 1 is 0.892 bits per heavy atom. The fourth-order valence-corrected chi connectivity index (χ4v) is 4.07. The number of hydrazone groups is 1. The van der Waals surface area contributed by atoms with Gasteiger partial charge in [0.05, 0.1) is 18.5 Å². The summed E-state index contributed by atoms with van der Waals surface area (Å²) >= 11 is 3.35. The van der Waals surface area contributed by atoms with Crippen molar-refractivity contribution in [2.24, 2.45) is 5.10 Å². The van der Waals surface area contributed by atoms with Gasteiger partial charge in [0.15, 0.2) is 11.5 Å². The molecule has 4 aromatic rings. The fourth-order valence-electron chi connectivity index (χ4n) is 3.69. The molecule has 0 aliphatic heterocycles. The molecule has 37 heavy (non-hydrogen) atoms. The lowest BCUT2D eigenvalue weighted by Crippen LogP contribution is -2.24. The third kappa shape index (κ3) is 7.17. The zero-order valence-electron chi connectivity index (χ0n) is 20.2. The Morgan fingerprint density at radius 3 is 2.51 bits per heavy atom. The van der Waals surface area contributed by atoms with Gasteiger partial charge in [-0.3, -0.25) is 9.59 Å². The molecule has 0 radical (unpaired) electrons. The molecule has 188 valence electrons. The summed E-state index contributed by atoms with van der Waals surface area (Å²) in [4.78, 5) is 24.2. The Kier molecular flexibility index (Phi) is 8.89. The number of carbonyl (C=O) groups is 2. The van der Waals surface area contributed by atoms with Gasteiger partial charge >= 0.3 is 0 Å². The maximum Gasteiger partial charge on any atom is 0.249 e. The summed E-state index contributed by atoms with van der Waals surface area (Å²) < 4.78 is 12.6. The molecule has 0 aliphatic rings. The summed E-state index contributed by atoms with van der Waals surface area (Å²) in [7, 11) is 0. The van der Waals surface area contributed by atoms with Crippen molar-refractivity contribution < 1.29 is 19.1 Å². The van der Waals surface area contributed by atoms with E-state index in [-0.39, 0.29) is 6.42 Å². The quantitative estimate of drug-likeness (QED) is 0.140. The smallest absolute Gasteiger partial charge is 0.249 e. The maximum atomic E-state index is 12.1. The number of anilines is 1. The minimum Gasteiger partial charge on any atom is -0.490 e. The number of benzene rings is 4. The van der Waals surface area contributed by atoms with E-state index in [2.05, 4.69) is 50.0 Å². The van der Waals surface area contributed by atoms with E-state index in [4.69, 9.17) is 9.47 Å². The van der Waals surface area contributed by atoms with E-state index in [1.54, 1.807) is 24.3 Å². The van der Waals surface area contributed by atoms with Gasteiger partial charge in [0.25, 0.3) is 0 Å². The number of hydrogen-bond acceptors (Lipinski definition) is 5. The molecule has 0 atom stereocenters. The highest BCUT2D eigenvalue weighted by atomic mass is 79.9. The summed E-state index contributed by atoms with van der Waals surface area (Å²) in [6, 6.07) is 26.9. The van der Waals surface area contributed by atoms with Gasteiger partial charge in [0.1, 0.15) is 13.0 Å². The van der Waals surface area contributed by atoms with Crippen molar-refractivity contribution >= 4 is 50.4 Å². The molecule has 0 saturated heterocycles. The standard InChI is InChI=1S/C29H26BrN3O4/c1-2-36-27-16-20(18-31-33-29(35)17-28(34)32-25-13-6-5-12-24(25)30)14-15-26(27)37-19-22-10-7-9-21-8-3-4-11-23(21)22/h3-16,18H,2,17,19H2,1H3,(H,32,34)(H,33,35). The Bertz CT molecular complexity index is 1430. The first-order valence-electron chi connectivity index (χ1n) is 11.8. The van der Waals surface area contributed by atoms with Crippen LogP contribution in [0, 0.1) is 0 Å². The van der Waals surface area contributed by atoms with Crippen molar-refractivity contribution in [3.05, 3.63) is 101 Å². The van der Waals surface area contributed by atoms with Crippen LogP contribution in [0.15, 0.2) is 94.5 Å². The monoisotopic (exact) mass is 559 g/mol. The number of carbonyl (C=O) groups excluding carboxylic acids is 2. The highest BCUT2D eigenvalue weighted by Gasteiger charge is 2.11. The molecule has 0 spiro atoms. The van der Waals surface area contributed by atoms with E-state index in [0.29, 0.717) is 36.0 Å². The molecule has 0 aliphatic carbocycles. The van der Waals surface area contributed by atoms with Gasteiger partial charge in [-0.25, -0.2) is 5.43 Å². The van der Waals surface area contributed by atoms with E-state index in [0.717, 1.165) is 20.8 Å². The summed E-state index contributed by atoms with van der Waals surface area (Å²) in [5.74, 6) is 0.220. The number of ether oxygens (including phenoxy) is 2. The van der Waals surface area contributed by atoms with Crippen LogP contribution >= 0.6 is 15.9 Å². The molecule has 0 unspecified atom stereocenters. The van der Waals surface area contributed by atoms with Crippen LogP contribution in [0.5, 0.6) is 11.5 Å². The van der Waals surface area contributed by atoms with Crippen LogP contribution < -0.4 is 20.2 Å². The molecule has 2 amide bonds. The van der Waals surface area contributed by atoms with Crippen LogP contribution in [0.25, 0.3) is 10.8 Å². The van der Waals surface area contributed by atoms with Crippen LogP contribution in [0.2, 0.25) is 0 Å². The normalized spacial score (nSPS) is 10.9. The summed E-state index contributed by atoms with van der Waals surface area (Å²) in [6.07, 6.45) is 1.13. The van der Waals surface area contributed by atoms with Crippen LogP contribution in [0.1, 0.15) is 24.5 Å². The largest absolute Gasteiger partial charge is 0.490 e. The Morgan fingerprint density at radius 2 is 1.68 bits per heavy atom. The number of halogens is 1. The van der Waals surface area contributed by atoms with Gasteiger partial charge in [-0.1, -0.05) is 54.6 Å². The van der Waals surface area contributed by atoms with Gasteiger partial charge in [-0.2, -0.15) is 5.10 Å².